The minimum Gasteiger partial charge on any atom is -0.360 e. The molecule has 3 rings (SSSR count). The molecule has 1 unspecified atom stereocenters. The van der Waals surface area contributed by atoms with E-state index in [1.54, 1.807) is 6.20 Å². The highest BCUT2D eigenvalue weighted by Crippen LogP contribution is 2.24. The van der Waals surface area contributed by atoms with Gasteiger partial charge in [0.15, 0.2) is 0 Å². The summed E-state index contributed by atoms with van der Waals surface area (Å²) in [5.41, 5.74) is 2.72. The van der Waals surface area contributed by atoms with Crippen molar-refractivity contribution >= 4 is 40.9 Å². The van der Waals surface area contributed by atoms with Crippen molar-refractivity contribution in [1.29, 1.82) is 5.26 Å². The van der Waals surface area contributed by atoms with Crippen LogP contribution in [0.5, 0.6) is 0 Å². The van der Waals surface area contributed by atoms with Crippen LogP contribution in [-0.4, -0.2) is 10.9 Å². The monoisotopic (exact) mass is 351 g/mol. The lowest BCUT2D eigenvalue weighted by atomic mass is 9.96. The number of carbonyl (C=O) groups is 1. The second-order valence-electron chi connectivity index (χ2n) is 6.11. The Kier molecular flexibility index (Phi) is 5.06. The number of rotatable bonds is 3. The molecular formula is C20H18ClN3O. The fourth-order valence-electron chi connectivity index (χ4n) is 2.86. The Balaban J connectivity index is 2.03. The van der Waals surface area contributed by atoms with Gasteiger partial charge in [0.2, 0.25) is 5.91 Å². The molecule has 0 saturated heterocycles. The Labute approximate surface area is 151 Å². The van der Waals surface area contributed by atoms with Crippen molar-refractivity contribution in [2.45, 2.75) is 19.8 Å². The molecule has 0 aliphatic heterocycles. The van der Waals surface area contributed by atoms with Crippen LogP contribution in [0.3, 0.4) is 0 Å². The van der Waals surface area contributed by atoms with E-state index >= 15 is 0 Å². The fraction of sp³-hybridized carbons (Fsp3) is 0.200. The zero-order valence-electron chi connectivity index (χ0n) is 13.8. The first-order chi connectivity index (χ1) is 12.1. The molecule has 1 aliphatic carbocycles. The van der Waals surface area contributed by atoms with Gasteiger partial charge < -0.3 is 10.3 Å². The maximum absolute atomic E-state index is 11.6. The number of amides is 1. The Bertz CT molecular complexity index is 995. The van der Waals surface area contributed by atoms with Crippen LogP contribution < -0.4 is 15.9 Å². The zero-order valence-corrected chi connectivity index (χ0v) is 14.6. The minimum atomic E-state index is -0.311. The van der Waals surface area contributed by atoms with E-state index in [1.165, 1.54) is 0 Å². The van der Waals surface area contributed by atoms with E-state index in [4.69, 9.17) is 16.9 Å². The van der Waals surface area contributed by atoms with Crippen molar-refractivity contribution in [3.05, 3.63) is 57.7 Å². The molecule has 0 radical (unpaired) electrons. The van der Waals surface area contributed by atoms with Crippen molar-refractivity contribution in [3.63, 3.8) is 0 Å². The molecular weight excluding hydrogens is 334 g/mol. The molecule has 0 saturated carbocycles. The molecule has 0 spiro atoms. The van der Waals surface area contributed by atoms with E-state index in [9.17, 15) is 4.79 Å². The summed E-state index contributed by atoms with van der Waals surface area (Å²) < 4.78 is 0. The molecule has 126 valence electrons. The van der Waals surface area contributed by atoms with Gasteiger partial charge in [0.05, 0.1) is 11.1 Å². The lowest BCUT2D eigenvalue weighted by molar-refractivity contribution is -0.115. The number of H-pyrrole nitrogens is 1. The smallest absolute Gasteiger partial charge is 0.238 e. The van der Waals surface area contributed by atoms with Crippen molar-refractivity contribution in [2.75, 3.05) is 5.32 Å². The molecule has 1 heterocycles. The van der Waals surface area contributed by atoms with E-state index in [-0.39, 0.29) is 12.3 Å². The number of benzene rings is 1. The molecule has 1 aliphatic rings. The first-order valence-corrected chi connectivity index (χ1v) is 8.48. The van der Waals surface area contributed by atoms with E-state index in [0.29, 0.717) is 16.6 Å². The van der Waals surface area contributed by atoms with Crippen LogP contribution in [0.15, 0.2) is 36.5 Å². The number of carbonyl (C=O) groups excluding carboxylic acids is 1. The third-order valence-electron chi connectivity index (χ3n) is 4.08. The lowest BCUT2D eigenvalue weighted by Gasteiger charge is -2.11. The Morgan fingerprint density at radius 3 is 3.12 bits per heavy atom. The summed E-state index contributed by atoms with van der Waals surface area (Å²) in [6, 6.07) is 9.47. The third kappa shape index (κ3) is 4.01. The van der Waals surface area contributed by atoms with Gasteiger partial charge in [-0.1, -0.05) is 42.8 Å². The van der Waals surface area contributed by atoms with Crippen LogP contribution in [0.2, 0.25) is 5.02 Å². The highest BCUT2D eigenvalue weighted by Gasteiger charge is 2.09. The SMILES string of the molecule is CC1C=C(c2cccc(NC(=O)CC#N)c2)C=c2c(Cl)c[nH]c2=CC1. The number of fused-ring (bicyclic) bond motifs is 1. The largest absolute Gasteiger partial charge is 0.360 e. The number of hydrogen-bond donors (Lipinski definition) is 2. The number of allylic oxidation sites excluding steroid dienone is 2. The maximum Gasteiger partial charge on any atom is 0.238 e. The van der Waals surface area contributed by atoms with Crippen LogP contribution in [-0.2, 0) is 4.79 Å². The van der Waals surface area contributed by atoms with Crippen molar-refractivity contribution in [1.82, 2.24) is 4.98 Å². The molecule has 1 aromatic heterocycles. The molecule has 5 heteroatoms. The topological polar surface area (TPSA) is 68.7 Å². The predicted molar refractivity (Wildman–Crippen MR) is 101 cm³/mol. The third-order valence-corrected chi connectivity index (χ3v) is 4.39. The second kappa shape index (κ2) is 7.42. The summed E-state index contributed by atoms with van der Waals surface area (Å²) in [5, 5.41) is 14.0. The van der Waals surface area contributed by atoms with Gasteiger partial charge in [0.25, 0.3) is 0 Å². The first-order valence-electron chi connectivity index (χ1n) is 8.10. The van der Waals surface area contributed by atoms with Gasteiger partial charge in [-0.25, -0.2) is 0 Å². The first kappa shape index (κ1) is 17.1. The van der Waals surface area contributed by atoms with Gasteiger partial charge >= 0.3 is 0 Å². The normalized spacial score (nSPS) is 16.2. The quantitative estimate of drug-likeness (QED) is 0.891. The molecule has 0 bridgehead atoms. The van der Waals surface area contributed by atoms with E-state index in [0.717, 1.165) is 28.1 Å². The molecule has 1 aromatic carbocycles. The number of anilines is 1. The van der Waals surface area contributed by atoms with Gasteiger partial charge in [-0.05, 0) is 41.7 Å². The number of nitrogens with one attached hydrogen (secondary N) is 2. The Morgan fingerprint density at radius 1 is 1.48 bits per heavy atom. The van der Waals surface area contributed by atoms with Gasteiger partial charge in [0, 0.05) is 22.5 Å². The minimum absolute atomic E-state index is 0.158. The summed E-state index contributed by atoms with van der Waals surface area (Å²) in [6.07, 6.45) is 8.99. The van der Waals surface area contributed by atoms with Crippen LogP contribution in [0.4, 0.5) is 5.69 Å². The summed E-state index contributed by atoms with van der Waals surface area (Å²) in [6.45, 7) is 2.17. The highest BCUT2D eigenvalue weighted by atomic mass is 35.5. The van der Waals surface area contributed by atoms with E-state index in [1.807, 2.05) is 30.3 Å². The molecule has 2 aromatic rings. The second-order valence-corrected chi connectivity index (χ2v) is 6.52. The molecule has 2 N–H and O–H groups in total. The standard InChI is InChI=1S/C20H18ClN3O/c1-13-5-6-19-17(18(21)12-23-19)11-15(9-13)14-3-2-4-16(10-14)24-20(25)7-8-22/h2-4,6,9-13,23H,5,7H2,1H3,(H,24,25). The summed E-state index contributed by atoms with van der Waals surface area (Å²) in [7, 11) is 0. The van der Waals surface area contributed by atoms with Crippen LogP contribution in [0.25, 0.3) is 17.7 Å². The zero-order chi connectivity index (χ0) is 17.8. The predicted octanol–water partition coefficient (Wildman–Crippen LogP) is 3.20. The van der Waals surface area contributed by atoms with Crippen LogP contribution >= 0.6 is 11.6 Å². The number of aromatic nitrogens is 1. The van der Waals surface area contributed by atoms with Gasteiger partial charge in [0.1, 0.15) is 6.42 Å². The summed E-state index contributed by atoms with van der Waals surface area (Å²) in [4.78, 5) is 14.8. The summed E-state index contributed by atoms with van der Waals surface area (Å²) in [5.74, 6) is 0.0625. The maximum atomic E-state index is 11.6. The number of halogens is 1. The highest BCUT2D eigenvalue weighted by molar-refractivity contribution is 6.30. The molecule has 1 amide bonds. The van der Waals surface area contributed by atoms with E-state index < -0.39 is 0 Å². The Hall–Kier alpha value is -2.77. The molecule has 4 nitrogen and oxygen atoms in total. The van der Waals surface area contributed by atoms with Crippen LogP contribution in [0.1, 0.15) is 25.3 Å². The number of nitrogens with zero attached hydrogens (tertiary/aromatic N) is 1. The van der Waals surface area contributed by atoms with Gasteiger partial charge in [-0.2, -0.15) is 5.26 Å². The number of hydrogen-bond acceptors (Lipinski definition) is 2. The van der Waals surface area contributed by atoms with Crippen molar-refractivity contribution in [3.8, 4) is 6.07 Å². The average molecular weight is 352 g/mol. The molecule has 25 heavy (non-hydrogen) atoms. The molecule has 1 atom stereocenters. The Morgan fingerprint density at radius 2 is 2.32 bits per heavy atom. The van der Waals surface area contributed by atoms with Crippen molar-refractivity contribution < 1.29 is 4.79 Å². The van der Waals surface area contributed by atoms with Gasteiger partial charge in [-0.15, -0.1) is 0 Å². The number of aromatic amines is 1. The van der Waals surface area contributed by atoms with Crippen LogP contribution in [0, 0.1) is 17.2 Å². The fourth-order valence-corrected chi connectivity index (χ4v) is 3.07. The van der Waals surface area contributed by atoms with Crippen molar-refractivity contribution in [2.24, 2.45) is 5.92 Å². The lowest BCUT2D eigenvalue weighted by Crippen LogP contribution is -2.24. The number of nitriles is 1. The van der Waals surface area contributed by atoms with Gasteiger partial charge in [-0.3, -0.25) is 4.79 Å². The van der Waals surface area contributed by atoms with E-state index in [2.05, 4.69) is 35.5 Å². The summed E-state index contributed by atoms with van der Waals surface area (Å²) >= 11 is 6.31. The molecule has 0 fully saturated rings. The average Bonchev–Trinajstić information content (AvgIpc) is 2.90.